The zero-order chi connectivity index (χ0) is 15.6. The molecule has 1 N–H and O–H groups in total. The Bertz CT molecular complexity index is 688. The van der Waals surface area contributed by atoms with E-state index in [1.165, 1.54) is 18.2 Å². The van der Waals surface area contributed by atoms with Crippen LogP contribution in [-0.4, -0.2) is 10.9 Å². The zero-order valence-corrected chi connectivity index (χ0v) is 11.8. The number of anilines is 1. The fourth-order valence-electron chi connectivity index (χ4n) is 1.58. The van der Waals surface area contributed by atoms with Gasteiger partial charge in [-0.1, -0.05) is 15.9 Å². The second-order valence-corrected chi connectivity index (χ2v) is 4.94. The summed E-state index contributed by atoms with van der Waals surface area (Å²) in [5.41, 5.74) is -1.39. The lowest BCUT2D eigenvalue weighted by Gasteiger charge is -2.11. The largest absolute Gasteiger partial charge is 0.416 e. The average Bonchev–Trinajstić information content (AvgIpc) is 2.37. The van der Waals surface area contributed by atoms with Crippen LogP contribution in [0.4, 0.5) is 23.2 Å². The molecular formula is C13H7BrF4N2O. The highest BCUT2D eigenvalue weighted by molar-refractivity contribution is 9.10. The Hall–Kier alpha value is -1.96. The highest BCUT2D eigenvalue weighted by Gasteiger charge is 2.31. The van der Waals surface area contributed by atoms with E-state index in [1.807, 2.05) is 0 Å². The van der Waals surface area contributed by atoms with Crippen molar-refractivity contribution in [1.82, 2.24) is 4.98 Å². The van der Waals surface area contributed by atoms with Gasteiger partial charge in [-0.3, -0.25) is 4.79 Å². The Morgan fingerprint density at radius 2 is 1.95 bits per heavy atom. The van der Waals surface area contributed by atoms with E-state index in [-0.39, 0.29) is 15.7 Å². The van der Waals surface area contributed by atoms with Crippen LogP contribution in [0.3, 0.4) is 0 Å². The molecule has 0 bridgehead atoms. The maximum atomic E-state index is 13.3. The number of pyridine rings is 1. The van der Waals surface area contributed by atoms with Gasteiger partial charge < -0.3 is 5.32 Å². The van der Waals surface area contributed by atoms with Gasteiger partial charge in [0, 0.05) is 16.4 Å². The number of carbonyl (C=O) groups excluding carboxylic acids is 1. The molecule has 1 heterocycles. The van der Waals surface area contributed by atoms with Gasteiger partial charge >= 0.3 is 6.18 Å². The predicted molar refractivity (Wildman–Crippen MR) is 71.3 cm³/mol. The fraction of sp³-hybridized carbons (Fsp3) is 0.0769. The minimum absolute atomic E-state index is 0.107. The molecule has 0 saturated carbocycles. The highest BCUT2D eigenvalue weighted by Crippen LogP contribution is 2.33. The zero-order valence-electron chi connectivity index (χ0n) is 10.2. The third kappa shape index (κ3) is 3.78. The van der Waals surface area contributed by atoms with Crippen molar-refractivity contribution < 1.29 is 22.4 Å². The second kappa shape index (κ2) is 5.80. The number of hydrogen-bond donors (Lipinski definition) is 1. The molecular weight excluding hydrogens is 356 g/mol. The normalized spacial score (nSPS) is 11.3. The molecule has 2 rings (SSSR count). The summed E-state index contributed by atoms with van der Waals surface area (Å²) < 4.78 is 51.5. The second-order valence-electron chi connectivity index (χ2n) is 4.02. The van der Waals surface area contributed by atoms with Crippen LogP contribution in [0.5, 0.6) is 0 Å². The van der Waals surface area contributed by atoms with Crippen LogP contribution in [-0.2, 0) is 6.18 Å². The Kier molecular flexibility index (Phi) is 4.26. The monoisotopic (exact) mass is 362 g/mol. The van der Waals surface area contributed by atoms with E-state index in [0.29, 0.717) is 0 Å². The molecule has 0 radical (unpaired) electrons. The minimum Gasteiger partial charge on any atom is -0.322 e. The van der Waals surface area contributed by atoms with Crippen molar-refractivity contribution in [2.75, 3.05) is 5.32 Å². The van der Waals surface area contributed by atoms with Gasteiger partial charge in [0.1, 0.15) is 0 Å². The van der Waals surface area contributed by atoms with Gasteiger partial charge in [-0.25, -0.2) is 4.98 Å². The molecule has 1 amide bonds. The van der Waals surface area contributed by atoms with Gasteiger partial charge in [0.25, 0.3) is 5.91 Å². The van der Waals surface area contributed by atoms with Crippen molar-refractivity contribution in [1.29, 1.82) is 0 Å². The topological polar surface area (TPSA) is 42.0 Å². The van der Waals surface area contributed by atoms with Crippen LogP contribution >= 0.6 is 15.9 Å². The SMILES string of the molecule is O=C(Nc1cc(Br)cc(C(F)(F)F)c1)c1cccnc1F. The number of alkyl halides is 3. The Morgan fingerprint density at radius 1 is 1.24 bits per heavy atom. The summed E-state index contributed by atoms with van der Waals surface area (Å²) in [7, 11) is 0. The Labute approximate surface area is 125 Å². The third-order valence-electron chi connectivity index (χ3n) is 2.49. The van der Waals surface area contributed by atoms with E-state index >= 15 is 0 Å². The number of nitrogens with zero attached hydrogens (tertiary/aromatic N) is 1. The van der Waals surface area contributed by atoms with E-state index in [4.69, 9.17) is 0 Å². The summed E-state index contributed by atoms with van der Waals surface area (Å²) in [5, 5.41) is 2.20. The first-order chi connectivity index (χ1) is 9.77. The lowest BCUT2D eigenvalue weighted by molar-refractivity contribution is -0.137. The molecule has 3 nitrogen and oxygen atoms in total. The molecule has 0 atom stereocenters. The van der Waals surface area contributed by atoms with Crippen LogP contribution in [0.2, 0.25) is 0 Å². The van der Waals surface area contributed by atoms with E-state index in [9.17, 15) is 22.4 Å². The molecule has 8 heteroatoms. The van der Waals surface area contributed by atoms with E-state index < -0.39 is 23.6 Å². The molecule has 1 aromatic heterocycles. The van der Waals surface area contributed by atoms with Crippen molar-refractivity contribution in [3.8, 4) is 0 Å². The summed E-state index contributed by atoms with van der Waals surface area (Å²) in [6, 6.07) is 5.44. The first-order valence-electron chi connectivity index (χ1n) is 5.57. The van der Waals surface area contributed by atoms with E-state index in [1.54, 1.807) is 0 Å². The fourth-order valence-corrected chi connectivity index (χ4v) is 2.07. The molecule has 0 aliphatic heterocycles. The van der Waals surface area contributed by atoms with Crippen molar-refractivity contribution in [3.63, 3.8) is 0 Å². The van der Waals surface area contributed by atoms with Crippen LogP contribution in [0.1, 0.15) is 15.9 Å². The van der Waals surface area contributed by atoms with E-state index in [2.05, 4.69) is 26.2 Å². The minimum atomic E-state index is -4.55. The number of rotatable bonds is 2. The molecule has 110 valence electrons. The van der Waals surface area contributed by atoms with Crippen LogP contribution in [0, 0.1) is 5.95 Å². The number of nitrogens with one attached hydrogen (secondary N) is 1. The molecule has 21 heavy (non-hydrogen) atoms. The van der Waals surface area contributed by atoms with Crippen LogP contribution < -0.4 is 5.32 Å². The predicted octanol–water partition coefficient (Wildman–Crippen LogP) is 4.25. The molecule has 0 unspecified atom stereocenters. The number of benzene rings is 1. The third-order valence-corrected chi connectivity index (χ3v) is 2.94. The van der Waals surface area contributed by atoms with Gasteiger partial charge in [-0.2, -0.15) is 17.6 Å². The summed E-state index contributed by atoms with van der Waals surface area (Å²) in [6.45, 7) is 0. The molecule has 0 fully saturated rings. The smallest absolute Gasteiger partial charge is 0.322 e. The van der Waals surface area contributed by atoms with Gasteiger partial charge in [0.2, 0.25) is 5.95 Å². The van der Waals surface area contributed by atoms with Gasteiger partial charge in [-0.15, -0.1) is 0 Å². The first kappa shape index (κ1) is 15.4. The Balaban J connectivity index is 2.30. The number of carbonyl (C=O) groups is 1. The van der Waals surface area contributed by atoms with Crippen molar-refractivity contribution in [2.24, 2.45) is 0 Å². The molecule has 0 aliphatic carbocycles. The molecule has 2 aromatic rings. The number of hydrogen-bond acceptors (Lipinski definition) is 2. The quantitative estimate of drug-likeness (QED) is 0.640. The summed E-state index contributed by atoms with van der Waals surface area (Å²) in [4.78, 5) is 15.1. The standard InChI is InChI=1S/C13H7BrF4N2O/c14-8-4-7(13(16,17)18)5-9(6-8)20-12(21)10-2-1-3-19-11(10)15/h1-6H,(H,20,21). The van der Waals surface area contributed by atoms with Gasteiger partial charge in [0.15, 0.2) is 0 Å². The number of halogens is 5. The van der Waals surface area contributed by atoms with Crippen molar-refractivity contribution in [2.45, 2.75) is 6.18 Å². The van der Waals surface area contributed by atoms with E-state index in [0.717, 1.165) is 18.3 Å². The molecule has 0 aliphatic rings. The van der Waals surface area contributed by atoms with Crippen LogP contribution in [0.15, 0.2) is 41.0 Å². The number of aromatic nitrogens is 1. The maximum Gasteiger partial charge on any atom is 0.416 e. The highest BCUT2D eigenvalue weighted by atomic mass is 79.9. The summed E-state index contributed by atoms with van der Waals surface area (Å²) in [5.74, 6) is -1.88. The Morgan fingerprint density at radius 3 is 2.57 bits per heavy atom. The van der Waals surface area contributed by atoms with Gasteiger partial charge in [-0.05, 0) is 30.3 Å². The van der Waals surface area contributed by atoms with Crippen LogP contribution in [0.25, 0.3) is 0 Å². The van der Waals surface area contributed by atoms with Crippen molar-refractivity contribution >= 4 is 27.5 Å². The van der Waals surface area contributed by atoms with Crippen molar-refractivity contribution in [3.05, 3.63) is 58.1 Å². The lowest BCUT2D eigenvalue weighted by Crippen LogP contribution is -2.15. The number of amides is 1. The van der Waals surface area contributed by atoms with Gasteiger partial charge in [0.05, 0.1) is 11.1 Å². The molecule has 0 spiro atoms. The summed E-state index contributed by atoms with van der Waals surface area (Å²) >= 11 is 2.93. The maximum absolute atomic E-state index is 13.3. The lowest BCUT2D eigenvalue weighted by atomic mass is 10.2. The average molecular weight is 363 g/mol. The molecule has 0 saturated heterocycles. The molecule has 1 aromatic carbocycles. The summed E-state index contributed by atoms with van der Waals surface area (Å²) in [6.07, 6.45) is -3.39. The first-order valence-corrected chi connectivity index (χ1v) is 6.36.